The maximum atomic E-state index is 11.7. The molecule has 0 aliphatic rings. The van der Waals surface area contributed by atoms with E-state index in [9.17, 15) is 28.8 Å². The molecular weight excluding hydrogens is 408 g/mol. The zero-order valence-corrected chi connectivity index (χ0v) is 17.6. The van der Waals surface area contributed by atoms with Crippen molar-refractivity contribution in [2.75, 3.05) is 13.2 Å². The molecule has 12 nitrogen and oxygen atoms in total. The summed E-state index contributed by atoms with van der Waals surface area (Å²) in [6.45, 7) is 5.22. The van der Waals surface area contributed by atoms with E-state index in [4.69, 9.17) is 28.4 Å². The van der Waals surface area contributed by atoms with Crippen molar-refractivity contribution < 1.29 is 57.2 Å². The number of carbonyl (C=O) groups is 6. The highest BCUT2D eigenvalue weighted by Gasteiger charge is 2.44. The Morgan fingerprint density at radius 3 is 0.933 bits per heavy atom. The molecule has 0 bridgehead atoms. The number of hydrogen-bond acceptors (Lipinski definition) is 12. The summed E-state index contributed by atoms with van der Waals surface area (Å²) < 4.78 is 30.2. The molecule has 0 aromatic rings. The van der Waals surface area contributed by atoms with Crippen LogP contribution in [0.2, 0.25) is 0 Å². The van der Waals surface area contributed by atoms with Gasteiger partial charge in [-0.15, -0.1) is 0 Å². The van der Waals surface area contributed by atoms with Gasteiger partial charge in [-0.1, -0.05) is 0 Å². The first-order valence-corrected chi connectivity index (χ1v) is 8.79. The largest absolute Gasteiger partial charge is 0.462 e. The zero-order chi connectivity index (χ0) is 23.4. The highest BCUT2D eigenvalue weighted by atomic mass is 16.6. The van der Waals surface area contributed by atoms with E-state index in [-0.39, 0.29) is 0 Å². The second kappa shape index (κ2) is 13.1. The first kappa shape index (κ1) is 26.8. The minimum Gasteiger partial charge on any atom is -0.462 e. The summed E-state index contributed by atoms with van der Waals surface area (Å²) in [5, 5.41) is 0. The Kier molecular flexibility index (Phi) is 11.7. The molecule has 0 aliphatic heterocycles. The summed E-state index contributed by atoms with van der Waals surface area (Å²) in [6, 6.07) is 0. The predicted molar refractivity (Wildman–Crippen MR) is 95.5 cm³/mol. The predicted octanol–water partition coefficient (Wildman–Crippen LogP) is -0.161. The van der Waals surface area contributed by atoms with Crippen LogP contribution in [-0.4, -0.2) is 73.4 Å². The van der Waals surface area contributed by atoms with Crippen molar-refractivity contribution in [2.24, 2.45) is 0 Å². The summed E-state index contributed by atoms with van der Waals surface area (Å²) in [5.41, 5.74) is 0. The molecule has 0 radical (unpaired) electrons. The lowest BCUT2D eigenvalue weighted by atomic mass is 10.0. The van der Waals surface area contributed by atoms with Gasteiger partial charge in [0.1, 0.15) is 13.2 Å². The molecule has 0 fully saturated rings. The molecule has 0 N–H and O–H groups in total. The molecular formula is C18H26O12. The lowest BCUT2D eigenvalue weighted by molar-refractivity contribution is -0.206. The summed E-state index contributed by atoms with van der Waals surface area (Å²) >= 11 is 0. The van der Waals surface area contributed by atoms with Crippen molar-refractivity contribution >= 4 is 35.8 Å². The summed E-state index contributed by atoms with van der Waals surface area (Å²) in [6.07, 6.45) is -6.02. The Morgan fingerprint density at radius 2 is 0.733 bits per heavy atom. The fraction of sp³-hybridized carbons (Fsp3) is 0.667. The van der Waals surface area contributed by atoms with Crippen LogP contribution in [-0.2, 0) is 57.2 Å². The molecule has 0 aliphatic carbocycles. The number of ether oxygens (including phenoxy) is 6. The van der Waals surface area contributed by atoms with E-state index in [1.807, 2.05) is 0 Å². The Labute approximate surface area is 173 Å². The topological polar surface area (TPSA) is 158 Å². The van der Waals surface area contributed by atoms with Gasteiger partial charge in [-0.3, -0.25) is 28.8 Å². The number of carbonyl (C=O) groups excluding carboxylic acids is 6. The van der Waals surface area contributed by atoms with Crippen LogP contribution in [0.5, 0.6) is 0 Å². The van der Waals surface area contributed by atoms with E-state index in [0.29, 0.717) is 0 Å². The Hall–Kier alpha value is -3.18. The van der Waals surface area contributed by atoms with Crippen LogP contribution in [0.3, 0.4) is 0 Å². The van der Waals surface area contributed by atoms with Gasteiger partial charge >= 0.3 is 35.8 Å². The summed E-state index contributed by atoms with van der Waals surface area (Å²) in [5.74, 6) is -4.84. The molecule has 0 aromatic heterocycles. The van der Waals surface area contributed by atoms with Gasteiger partial charge in [0.25, 0.3) is 0 Å². The first-order chi connectivity index (χ1) is 13.8. The van der Waals surface area contributed by atoms with Crippen LogP contribution < -0.4 is 0 Å². The number of hydrogen-bond donors (Lipinski definition) is 0. The van der Waals surface area contributed by atoms with Crippen molar-refractivity contribution in [1.82, 2.24) is 0 Å². The van der Waals surface area contributed by atoms with Crippen LogP contribution in [0, 0.1) is 0 Å². The standard InChI is InChI=1S/C18H26O12/c1-9(19)25-7-15(27-11(3)21)17(29-13(5)23)18(30-14(6)24)16(28-12(4)22)8-26-10(2)20/h15-18H,7-8H2,1-6H3/t15-,16+,17-,18+. The van der Waals surface area contributed by atoms with E-state index >= 15 is 0 Å². The van der Waals surface area contributed by atoms with Gasteiger partial charge in [0, 0.05) is 41.5 Å². The van der Waals surface area contributed by atoms with Crippen molar-refractivity contribution in [2.45, 2.75) is 66.0 Å². The average Bonchev–Trinajstić information content (AvgIpc) is 2.57. The molecule has 4 atom stereocenters. The van der Waals surface area contributed by atoms with Crippen molar-refractivity contribution in [3.05, 3.63) is 0 Å². The van der Waals surface area contributed by atoms with Crippen LogP contribution in [0.1, 0.15) is 41.5 Å². The van der Waals surface area contributed by atoms with Crippen molar-refractivity contribution in [3.8, 4) is 0 Å². The molecule has 12 heteroatoms. The molecule has 0 saturated heterocycles. The third-order valence-electron chi connectivity index (χ3n) is 3.20. The lowest BCUT2D eigenvalue weighted by Crippen LogP contribution is -2.54. The SMILES string of the molecule is CC(=O)OC[C@H](OC(C)=O)[C@H](OC(C)=O)[C@H](OC(C)=O)[C@@H](COC(C)=O)OC(C)=O. The molecule has 0 heterocycles. The second-order valence-corrected chi connectivity index (χ2v) is 6.05. The Morgan fingerprint density at radius 1 is 0.467 bits per heavy atom. The second-order valence-electron chi connectivity index (χ2n) is 6.05. The third kappa shape index (κ3) is 11.6. The number of esters is 6. The molecule has 0 saturated carbocycles. The zero-order valence-electron chi connectivity index (χ0n) is 17.6. The minimum atomic E-state index is -1.57. The van der Waals surface area contributed by atoms with Crippen LogP contribution in [0.15, 0.2) is 0 Å². The van der Waals surface area contributed by atoms with Crippen molar-refractivity contribution in [1.29, 1.82) is 0 Å². The molecule has 170 valence electrons. The molecule has 0 rings (SSSR count). The maximum Gasteiger partial charge on any atom is 0.303 e. The fourth-order valence-corrected chi connectivity index (χ4v) is 2.31. The van der Waals surface area contributed by atoms with Crippen LogP contribution in [0.4, 0.5) is 0 Å². The smallest absolute Gasteiger partial charge is 0.303 e. The monoisotopic (exact) mass is 434 g/mol. The quantitative estimate of drug-likeness (QED) is 0.313. The molecule has 0 unspecified atom stereocenters. The lowest BCUT2D eigenvalue weighted by Gasteiger charge is -2.35. The first-order valence-electron chi connectivity index (χ1n) is 8.79. The number of rotatable bonds is 11. The van der Waals surface area contributed by atoms with Gasteiger partial charge in [0.05, 0.1) is 0 Å². The van der Waals surface area contributed by atoms with E-state index in [2.05, 4.69) is 0 Å². The highest BCUT2D eigenvalue weighted by molar-refractivity contribution is 5.69. The molecule has 0 aromatic carbocycles. The summed E-state index contributed by atoms with van der Waals surface area (Å²) in [4.78, 5) is 68.8. The molecule has 0 amide bonds. The van der Waals surface area contributed by atoms with E-state index in [1.54, 1.807) is 0 Å². The average molecular weight is 434 g/mol. The van der Waals surface area contributed by atoms with Crippen LogP contribution >= 0.6 is 0 Å². The Bertz CT molecular complexity index is 600. The Balaban J connectivity index is 6.19. The van der Waals surface area contributed by atoms with Gasteiger partial charge in [-0.2, -0.15) is 0 Å². The van der Waals surface area contributed by atoms with Gasteiger partial charge in [-0.25, -0.2) is 0 Å². The minimum absolute atomic E-state index is 0.565. The maximum absolute atomic E-state index is 11.7. The van der Waals surface area contributed by atoms with Gasteiger partial charge in [0.2, 0.25) is 0 Å². The van der Waals surface area contributed by atoms with Gasteiger partial charge in [0.15, 0.2) is 24.4 Å². The van der Waals surface area contributed by atoms with Crippen molar-refractivity contribution in [3.63, 3.8) is 0 Å². The van der Waals surface area contributed by atoms with Gasteiger partial charge in [-0.05, 0) is 0 Å². The van der Waals surface area contributed by atoms with Gasteiger partial charge < -0.3 is 28.4 Å². The fourth-order valence-electron chi connectivity index (χ4n) is 2.31. The third-order valence-corrected chi connectivity index (χ3v) is 3.20. The summed E-state index contributed by atoms with van der Waals surface area (Å²) in [7, 11) is 0. The molecule has 0 spiro atoms. The van der Waals surface area contributed by atoms with E-state index in [0.717, 1.165) is 41.5 Å². The van der Waals surface area contributed by atoms with E-state index < -0.39 is 73.4 Å². The van der Waals surface area contributed by atoms with Crippen LogP contribution in [0.25, 0.3) is 0 Å². The highest BCUT2D eigenvalue weighted by Crippen LogP contribution is 2.20. The van der Waals surface area contributed by atoms with E-state index in [1.165, 1.54) is 0 Å². The normalized spacial score (nSPS) is 14.2. The molecule has 30 heavy (non-hydrogen) atoms.